The zero-order valence-electron chi connectivity index (χ0n) is 14.0. The van der Waals surface area contributed by atoms with Crippen LogP contribution in [0.2, 0.25) is 0 Å². The van der Waals surface area contributed by atoms with Gasteiger partial charge in [-0.05, 0) is 42.9 Å². The lowest BCUT2D eigenvalue weighted by Gasteiger charge is -2.28. The standard InChI is InChI=1S/C17H21F6NO2/c18-13-2-1-12(14(25)5-8-24-17(21,22)23)9-15(13)26-10-11-3-6-16(19,20)7-4-11/h1-2,9,11,14,24-25H,3-8,10H2/t14-/m1/s1. The van der Waals surface area contributed by atoms with Gasteiger partial charge >= 0.3 is 6.30 Å². The number of benzene rings is 1. The van der Waals surface area contributed by atoms with Crippen molar-refractivity contribution in [2.75, 3.05) is 13.2 Å². The second-order valence-electron chi connectivity index (χ2n) is 6.53. The molecule has 3 nitrogen and oxygen atoms in total. The number of rotatable bonds is 7. The van der Waals surface area contributed by atoms with Gasteiger partial charge in [-0.1, -0.05) is 6.07 Å². The van der Waals surface area contributed by atoms with Crippen LogP contribution in [0.5, 0.6) is 5.75 Å². The van der Waals surface area contributed by atoms with Gasteiger partial charge in [0.1, 0.15) is 0 Å². The molecule has 0 amide bonds. The molecule has 0 heterocycles. The summed E-state index contributed by atoms with van der Waals surface area (Å²) in [6, 6.07) is 3.55. The molecule has 0 bridgehead atoms. The number of aliphatic hydroxyl groups excluding tert-OH is 1. The SMILES string of the molecule is O[C@H](CCNC(F)(F)F)c1ccc(F)c(OCC2CCC(F)(F)CC2)c1. The zero-order chi connectivity index (χ0) is 19.4. The Hall–Kier alpha value is -1.48. The van der Waals surface area contributed by atoms with Gasteiger partial charge in [0.05, 0.1) is 12.7 Å². The van der Waals surface area contributed by atoms with Gasteiger partial charge in [0.2, 0.25) is 5.92 Å². The van der Waals surface area contributed by atoms with E-state index in [1.54, 1.807) is 0 Å². The Labute approximate surface area is 147 Å². The van der Waals surface area contributed by atoms with Crippen LogP contribution in [-0.4, -0.2) is 30.5 Å². The summed E-state index contributed by atoms with van der Waals surface area (Å²) >= 11 is 0. The Morgan fingerprint density at radius 2 is 1.88 bits per heavy atom. The fraction of sp³-hybridized carbons (Fsp3) is 0.647. The number of hydrogen-bond acceptors (Lipinski definition) is 3. The second-order valence-corrected chi connectivity index (χ2v) is 6.53. The maximum Gasteiger partial charge on any atom is 0.457 e. The fourth-order valence-electron chi connectivity index (χ4n) is 2.83. The maximum atomic E-state index is 13.8. The first-order chi connectivity index (χ1) is 12.1. The largest absolute Gasteiger partial charge is 0.490 e. The fourth-order valence-corrected chi connectivity index (χ4v) is 2.83. The van der Waals surface area contributed by atoms with Crippen LogP contribution in [-0.2, 0) is 0 Å². The van der Waals surface area contributed by atoms with E-state index in [1.165, 1.54) is 17.4 Å². The van der Waals surface area contributed by atoms with Gasteiger partial charge in [-0.15, -0.1) is 0 Å². The van der Waals surface area contributed by atoms with Crippen molar-refractivity contribution in [2.24, 2.45) is 5.92 Å². The van der Waals surface area contributed by atoms with Crippen molar-refractivity contribution in [3.05, 3.63) is 29.6 Å². The normalized spacial score (nSPS) is 19.3. The molecule has 26 heavy (non-hydrogen) atoms. The number of halogens is 6. The van der Waals surface area contributed by atoms with Crippen LogP contribution in [0.4, 0.5) is 26.3 Å². The van der Waals surface area contributed by atoms with Crippen molar-refractivity contribution < 1.29 is 36.2 Å². The van der Waals surface area contributed by atoms with Crippen LogP contribution in [0.15, 0.2) is 18.2 Å². The summed E-state index contributed by atoms with van der Waals surface area (Å²) in [7, 11) is 0. The average molecular weight is 385 g/mol. The predicted octanol–water partition coefficient (Wildman–Crippen LogP) is 4.56. The van der Waals surface area contributed by atoms with Gasteiger partial charge in [-0.25, -0.2) is 18.5 Å². The maximum absolute atomic E-state index is 13.8. The van der Waals surface area contributed by atoms with E-state index in [-0.39, 0.29) is 55.9 Å². The minimum Gasteiger partial charge on any atom is -0.490 e. The van der Waals surface area contributed by atoms with E-state index in [0.29, 0.717) is 0 Å². The summed E-state index contributed by atoms with van der Waals surface area (Å²) in [5.41, 5.74) is 0.223. The lowest BCUT2D eigenvalue weighted by atomic mass is 9.87. The van der Waals surface area contributed by atoms with Crippen molar-refractivity contribution in [3.63, 3.8) is 0 Å². The van der Waals surface area contributed by atoms with Gasteiger partial charge in [0, 0.05) is 19.4 Å². The van der Waals surface area contributed by atoms with E-state index in [4.69, 9.17) is 4.74 Å². The highest BCUT2D eigenvalue weighted by Gasteiger charge is 2.35. The first-order valence-corrected chi connectivity index (χ1v) is 8.36. The minimum atomic E-state index is -4.53. The molecule has 1 fully saturated rings. The Morgan fingerprint density at radius 1 is 1.23 bits per heavy atom. The smallest absolute Gasteiger partial charge is 0.457 e. The number of alkyl halides is 5. The molecule has 1 aromatic carbocycles. The van der Waals surface area contributed by atoms with Crippen molar-refractivity contribution in [1.82, 2.24) is 5.32 Å². The topological polar surface area (TPSA) is 41.5 Å². The van der Waals surface area contributed by atoms with E-state index in [1.807, 2.05) is 0 Å². The van der Waals surface area contributed by atoms with Crippen LogP contribution < -0.4 is 10.1 Å². The molecule has 2 rings (SSSR count). The van der Waals surface area contributed by atoms with E-state index in [2.05, 4.69) is 0 Å². The van der Waals surface area contributed by atoms with Crippen molar-refractivity contribution in [1.29, 1.82) is 0 Å². The first kappa shape index (κ1) is 20.8. The Balaban J connectivity index is 1.88. The van der Waals surface area contributed by atoms with Crippen molar-refractivity contribution >= 4 is 0 Å². The highest BCUT2D eigenvalue weighted by atomic mass is 19.4. The molecular weight excluding hydrogens is 364 g/mol. The third-order valence-electron chi connectivity index (χ3n) is 4.39. The highest BCUT2D eigenvalue weighted by Crippen LogP contribution is 2.36. The van der Waals surface area contributed by atoms with Crippen molar-refractivity contribution in [2.45, 2.75) is 50.4 Å². The molecule has 9 heteroatoms. The molecule has 0 aliphatic heterocycles. The lowest BCUT2D eigenvalue weighted by molar-refractivity contribution is -0.157. The van der Waals surface area contributed by atoms with Crippen LogP contribution in [0.3, 0.4) is 0 Å². The van der Waals surface area contributed by atoms with Gasteiger partial charge < -0.3 is 9.84 Å². The summed E-state index contributed by atoms with van der Waals surface area (Å²) in [6.07, 6.45) is -5.87. The van der Waals surface area contributed by atoms with E-state index >= 15 is 0 Å². The second kappa shape index (κ2) is 8.47. The summed E-state index contributed by atoms with van der Waals surface area (Å²) in [4.78, 5) is 0. The molecule has 0 saturated heterocycles. The van der Waals surface area contributed by atoms with Gasteiger partial charge in [-0.2, -0.15) is 13.2 Å². The first-order valence-electron chi connectivity index (χ1n) is 8.36. The molecule has 1 aliphatic rings. The molecule has 1 aliphatic carbocycles. The molecule has 1 aromatic rings. The highest BCUT2D eigenvalue weighted by molar-refractivity contribution is 5.31. The molecular formula is C17H21F6NO2. The van der Waals surface area contributed by atoms with Gasteiger partial charge in [0.25, 0.3) is 0 Å². The molecule has 2 N–H and O–H groups in total. The molecule has 0 unspecified atom stereocenters. The zero-order valence-corrected chi connectivity index (χ0v) is 14.0. The lowest BCUT2D eigenvalue weighted by Crippen LogP contribution is -2.32. The molecule has 148 valence electrons. The molecule has 1 saturated carbocycles. The van der Waals surface area contributed by atoms with Crippen LogP contribution in [0.25, 0.3) is 0 Å². The summed E-state index contributed by atoms with van der Waals surface area (Å²) in [5, 5.41) is 11.2. The van der Waals surface area contributed by atoms with Gasteiger partial charge in [0.15, 0.2) is 11.6 Å². The van der Waals surface area contributed by atoms with Gasteiger partial charge in [-0.3, -0.25) is 0 Å². The van der Waals surface area contributed by atoms with E-state index in [0.717, 1.165) is 6.07 Å². The predicted molar refractivity (Wildman–Crippen MR) is 82.4 cm³/mol. The number of ether oxygens (including phenoxy) is 1. The molecule has 0 aromatic heterocycles. The summed E-state index contributed by atoms with van der Waals surface area (Å²) in [6.45, 7) is -0.420. The Morgan fingerprint density at radius 3 is 2.50 bits per heavy atom. The Kier molecular flexibility index (Phi) is 6.79. The average Bonchev–Trinajstić information content (AvgIpc) is 2.54. The van der Waals surface area contributed by atoms with Crippen LogP contribution in [0, 0.1) is 11.7 Å². The summed E-state index contributed by atoms with van der Waals surface area (Å²) < 4.78 is 81.6. The number of nitrogens with one attached hydrogen (secondary N) is 1. The van der Waals surface area contributed by atoms with E-state index < -0.39 is 30.7 Å². The quantitative estimate of drug-likeness (QED) is 0.534. The monoisotopic (exact) mass is 385 g/mol. The molecule has 0 spiro atoms. The Bertz CT molecular complexity index is 583. The number of aliphatic hydroxyl groups is 1. The summed E-state index contributed by atoms with van der Waals surface area (Å²) in [5.74, 6) is -3.60. The van der Waals surface area contributed by atoms with E-state index in [9.17, 15) is 31.4 Å². The van der Waals surface area contributed by atoms with Crippen LogP contribution in [0.1, 0.15) is 43.8 Å². The molecule has 0 radical (unpaired) electrons. The third kappa shape index (κ3) is 6.68. The van der Waals surface area contributed by atoms with Crippen LogP contribution >= 0.6 is 0 Å². The minimum absolute atomic E-state index is 0.0716. The van der Waals surface area contributed by atoms with Crippen molar-refractivity contribution in [3.8, 4) is 5.75 Å². The third-order valence-corrected chi connectivity index (χ3v) is 4.39. The molecule has 1 atom stereocenters. The number of hydrogen-bond donors (Lipinski definition) is 2.